The highest BCUT2D eigenvalue weighted by molar-refractivity contribution is 6.06. The van der Waals surface area contributed by atoms with Gasteiger partial charge in [0.2, 0.25) is 0 Å². The number of carbonyl (C=O) groups excluding carboxylic acids is 1. The quantitative estimate of drug-likeness (QED) is 0.619. The molecule has 0 saturated heterocycles. The summed E-state index contributed by atoms with van der Waals surface area (Å²) in [5.74, 6) is -1.43. The summed E-state index contributed by atoms with van der Waals surface area (Å²) in [5, 5.41) is 17.8. The Bertz CT molecular complexity index is 648. The van der Waals surface area contributed by atoms with Crippen molar-refractivity contribution in [1.82, 2.24) is 10.2 Å². The second kappa shape index (κ2) is 4.81. The summed E-state index contributed by atoms with van der Waals surface area (Å²) < 4.78 is 0. The first-order chi connectivity index (χ1) is 8.99. The zero-order chi connectivity index (χ0) is 14.0. The number of hydrogen-bond acceptors (Lipinski definition) is 4. The number of aromatic amines is 1. The monoisotopic (exact) mass is 260 g/mol. The Morgan fingerprint density at radius 3 is 2.68 bits per heavy atom. The van der Waals surface area contributed by atoms with E-state index in [1.54, 1.807) is 6.92 Å². The molecular weight excluding hydrogens is 248 g/mol. The number of nitrogens with one attached hydrogen (secondary N) is 2. The average molecular weight is 260 g/mol. The summed E-state index contributed by atoms with van der Waals surface area (Å²) in [7, 11) is 0. The van der Waals surface area contributed by atoms with E-state index in [9.17, 15) is 9.59 Å². The van der Waals surface area contributed by atoms with E-state index in [0.29, 0.717) is 16.9 Å². The molecule has 0 aliphatic rings. The number of anilines is 2. The summed E-state index contributed by atoms with van der Waals surface area (Å²) >= 11 is 0. The van der Waals surface area contributed by atoms with Crippen LogP contribution in [0.4, 0.5) is 11.4 Å². The van der Waals surface area contributed by atoms with Crippen molar-refractivity contribution in [2.45, 2.75) is 6.92 Å². The van der Waals surface area contributed by atoms with Crippen LogP contribution in [0.1, 0.15) is 26.4 Å². The number of nitrogens with two attached hydrogens (primary N) is 1. The molecule has 0 fully saturated rings. The van der Waals surface area contributed by atoms with Gasteiger partial charge in [0, 0.05) is 5.69 Å². The topological polar surface area (TPSA) is 121 Å². The fraction of sp³-hybridized carbons (Fsp3) is 0.0833. The van der Waals surface area contributed by atoms with Gasteiger partial charge in [-0.3, -0.25) is 9.89 Å². The van der Waals surface area contributed by atoms with Crippen molar-refractivity contribution in [3.8, 4) is 0 Å². The number of H-pyrrole nitrogens is 1. The molecule has 2 rings (SSSR count). The van der Waals surface area contributed by atoms with E-state index in [2.05, 4.69) is 15.5 Å². The van der Waals surface area contributed by atoms with Gasteiger partial charge < -0.3 is 16.2 Å². The predicted molar refractivity (Wildman–Crippen MR) is 69.1 cm³/mol. The van der Waals surface area contributed by atoms with Gasteiger partial charge >= 0.3 is 5.97 Å². The molecule has 0 bridgehead atoms. The van der Waals surface area contributed by atoms with E-state index < -0.39 is 5.97 Å². The van der Waals surface area contributed by atoms with E-state index in [1.165, 1.54) is 24.4 Å². The number of amides is 1. The lowest BCUT2D eigenvalue weighted by Gasteiger charge is -2.08. The fourth-order valence-corrected chi connectivity index (χ4v) is 1.58. The Morgan fingerprint density at radius 2 is 2.16 bits per heavy atom. The van der Waals surface area contributed by atoms with Crippen molar-refractivity contribution in [3.63, 3.8) is 0 Å². The summed E-state index contributed by atoms with van der Waals surface area (Å²) in [6.45, 7) is 1.72. The van der Waals surface area contributed by atoms with Gasteiger partial charge in [-0.2, -0.15) is 5.10 Å². The highest BCUT2D eigenvalue weighted by atomic mass is 16.4. The third-order valence-electron chi connectivity index (χ3n) is 2.62. The zero-order valence-electron chi connectivity index (χ0n) is 10.1. The third kappa shape index (κ3) is 2.54. The fourth-order valence-electron chi connectivity index (χ4n) is 1.58. The van der Waals surface area contributed by atoms with Crippen LogP contribution in [0.5, 0.6) is 0 Å². The molecule has 1 aromatic heterocycles. The van der Waals surface area contributed by atoms with E-state index >= 15 is 0 Å². The Labute approximate surface area is 108 Å². The van der Waals surface area contributed by atoms with Crippen molar-refractivity contribution >= 4 is 23.3 Å². The lowest BCUT2D eigenvalue weighted by Crippen LogP contribution is -2.14. The molecule has 1 heterocycles. The van der Waals surface area contributed by atoms with Crippen LogP contribution in [0, 0.1) is 6.92 Å². The summed E-state index contributed by atoms with van der Waals surface area (Å²) in [4.78, 5) is 22.7. The molecule has 0 saturated carbocycles. The van der Waals surface area contributed by atoms with Crippen LogP contribution in [0.3, 0.4) is 0 Å². The Kier molecular flexibility index (Phi) is 3.19. The van der Waals surface area contributed by atoms with Crippen LogP contribution < -0.4 is 11.1 Å². The van der Waals surface area contributed by atoms with E-state index in [1.807, 2.05) is 0 Å². The van der Waals surface area contributed by atoms with Crippen LogP contribution in [0.2, 0.25) is 0 Å². The lowest BCUT2D eigenvalue weighted by molar-refractivity contribution is 0.0697. The van der Waals surface area contributed by atoms with Crippen LogP contribution in [-0.2, 0) is 0 Å². The molecule has 98 valence electrons. The molecule has 1 amide bonds. The molecule has 0 atom stereocenters. The zero-order valence-corrected chi connectivity index (χ0v) is 10.1. The first-order valence-electron chi connectivity index (χ1n) is 5.43. The molecule has 0 unspecified atom stereocenters. The summed E-state index contributed by atoms with van der Waals surface area (Å²) in [5.41, 5.74) is 7.35. The first-order valence-corrected chi connectivity index (χ1v) is 5.43. The van der Waals surface area contributed by atoms with Gasteiger partial charge in [0.1, 0.15) is 0 Å². The Balaban J connectivity index is 2.23. The van der Waals surface area contributed by atoms with E-state index in [0.717, 1.165) is 0 Å². The van der Waals surface area contributed by atoms with Crippen LogP contribution in [-0.4, -0.2) is 27.2 Å². The van der Waals surface area contributed by atoms with Gasteiger partial charge in [-0.1, -0.05) is 0 Å². The number of benzene rings is 1. The minimum absolute atomic E-state index is 0.0648. The highest BCUT2D eigenvalue weighted by Crippen LogP contribution is 2.21. The van der Waals surface area contributed by atoms with Crippen LogP contribution >= 0.6 is 0 Å². The average Bonchev–Trinajstić information content (AvgIpc) is 2.77. The van der Waals surface area contributed by atoms with Crippen molar-refractivity contribution in [2.24, 2.45) is 0 Å². The molecule has 0 radical (unpaired) electrons. The number of nitrogen functional groups attached to an aromatic ring is 1. The SMILES string of the molecule is Cc1[nH]ncc1C(=O)Nc1ccc(C(=O)O)cc1N. The standard InChI is InChI=1S/C12H12N4O3/c1-6-8(5-14-16-6)11(17)15-10-3-2-7(12(18)19)4-9(10)13/h2-5H,13H2,1H3,(H,14,16)(H,15,17)(H,18,19). The lowest BCUT2D eigenvalue weighted by atomic mass is 10.1. The molecular formula is C12H12N4O3. The number of carboxylic acid groups (broad SMARTS) is 1. The number of aryl methyl sites for hydroxylation is 1. The largest absolute Gasteiger partial charge is 0.478 e. The smallest absolute Gasteiger partial charge is 0.335 e. The molecule has 7 heteroatoms. The number of aromatic carboxylic acids is 1. The van der Waals surface area contributed by atoms with Crippen molar-refractivity contribution in [1.29, 1.82) is 0 Å². The van der Waals surface area contributed by atoms with Crippen molar-refractivity contribution in [2.75, 3.05) is 11.1 Å². The Morgan fingerprint density at radius 1 is 1.42 bits per heavy atom. The van der Waals surface area contributed by atoms with Gasteiger partial charge in [-0.25, -0.2) is 4.79 Å². The molecule has 1 aromatic carbocycles. The summed E-state index contributed by atoms with van der Waals surface area (Å²) in [6.07, 6.45) is 1.41. The maximum absolute atomic E-state index is 11.9. The number of nitrogens with zero attached hydrogens (tertiary/aromatic N) is 1. The third-order valence-corrected chi connectivity index (χ3v) is 2.62. The van der Waals surface area contributed by atoms with Crippen molar-refractivity contribution in [3.05, 3.63) is 41.2 Å². The van der Waals surface area contributed by atoms with Crippen LogP contribution in [0.15, 0.2) is 24.4 Å². The van der Waals surface area contributed by atoms with E-state index in [-0.39, 0.29) is 17.2 Å². The first kappa shape index (κ1) is 12.6. The maximum Gasteiger partial charge on any atom is 0.335 e. The van der Waals surface area contributed by atoms with Gasteiger partial charge in [0.25, 0.3) is 5.91 Å². The van der Waals surface area contributed by atoms with Gasteiger partial charge in [0.05, 0.1) is 28.7 Å². The number of carbonyl (C=O) groups is 2. The molecule has 0 spiro atoms. The van der Waals surface area contributed by atoms with E-state index in [4.69, 9.17) is 10.8 Å². The maximum atomic E-state index is 11.9. The number of hydrogen-bond donors (Lipinski definition) is 4. The molecule has 0 aliphatic carbocycles. The number of aromatic nitrogens is 2. The molecule has 0 aliphatic heterocycles. The normalized spacial score (nSPS) is 10.2. The molecule has 7 nitrogen and oxygen atoms in total. The number of carboxylic acids is 1. The second-order valence-electron chi connectivity index (χ2n) is 3.97. The Hall–Kier alpha value is -2.83. The summed E-state index contributed by atoms with van der Waals surface area (Å²) in [6, 6.07) is 4.11. The minimum Gasteiger partial charge on any atom is -0.478 e. The van der Waals surface area contributed by atoms with Gasteiger partial charge in [-0.05, 0) is 25.1 Å². The van der Waals surface area contributed by atoms with Gasteiger partial charge in [-0.15, -0.1) is 0 Å². The predicted octanol–water partition coefficient (Wildman–Crippen LogP) is 1.25. The highest BCUT2D eigenvalue weighted by Gasteiger charge is 2.13. The molecule has 2 aromatic rings. The van der Waals surface area contributed by atoms with Crippen molar-refractivity contribution < 1.29 is 14.7 Å². The van der Waals surface area contributed by atoms with Gasteiger partial charge in [0.15, 0.2) is 0 Å². The number of rotatable bonds is 3. The second-order valence-corrected chi connectivity index (χ2v) is 3.97. The van der Waals surface area contributed by atoms with Crippen LogP contribution in [0.25, 0.3) is 0 Å². The minimum atomic E-state index is -1.07. The molecule has 5 N–H and O–H groups in total. The molecule has 19 heavy (non-hydrogen) atoms.